The van der Waals surface area contributed by atoms with Crippen LogP contribution in [0.3, 0.4) is 0 Å². The molecule has 12 heavy (non-hydrogen) atoms. The van der Waals surface area contributed by atoms with Crippen molar-refractivity contribution in [3.8, 4) is 0 Å². The predicted molar refractivity (Wildman–Crippen MR) is 47.7 cm³/mol. The van der Waals surface area contributed by atoms with E-state index in [9.17, 15) is 4.79 Å². The summed E-state index contributed by atoms with van der Waals surface area (Å²) in [6, 6.07) is 0.500. The smallest absolute Gasteiger partial charge is 0.220 e. The lowest BCUT2D eigenvalue weighted by molar-refractivity contribution is -0.122. The highest BCUT2D eigenvalue weighted by molar-refractivity contribution is 5.77. The zero-order valence-electron chi connectivity index (χ0n) is 7.89. The molecule has 2 saturated carbocycles. The van der Waals surface area contributed by atoms with Crippen molar-refractivity contribution in [2.45, 2.75) is 45.6 Å². The summed E-state index contributed by atoms with van der Waals surface area (Å²) >= 11 is 0. The van der Waals surface area contributed by atoms with E-state index in [2.05, 4.69) is 19.2 Å². The summed E-state index contributed by atoms with van der Waals surface area (Å²) in [6.45, 7) is 4.38. The maximum Gasteiger partial charge on any atom is 0.220 e. The van der Waals surface area contributed by atoms with E-state index in [0.29, 0.717) is 11.5 Å². The van der Waals surface area contributed by atoms with Gasteiger partial charge in [-0.15, -0.1) is 0 Å². The van der Waals surface area contributed by atoms with E-state index < -0.39 is 0 Å². The second-order valence-corrected chi connectivity index (χ2v) is 4.87. The number of carbonyl (C=O) groups is 1. The SMILES string of the molecule is CC1CC1NC(=O)CC1(C)CC1. The molecule has 68 valence electrons. The highest BCUT2D eigenvalue weighted by atomic mass is 16.1. The molecule has 0 aromatic carbocycles. The molecule has 0 spiro atoms. The van der Waals surface area contributed by atoms with Gasteiger partial charge in [0.25, 0.3) is 0 Å². The summed E-state index contributed by atoms with van der Waals surface area (Å²) in [5, 5.41) is 3.06. The van der Waals surface area contributed by atoms with Gasteiger partial charge in [-0.25, -0.2) is 0 Å². The fourth-order valence-electron chi connectivity index (χ4n) is 1.56. The minimum absolute atomic E-state index is 0.268. The van der Waals surface area contributed by atoms with Gasteiger partial charge < -0.3 is 5.32 Å². The number of nitrogens with one attached hydrogen (secondary N) is 1. The van der Waals surface area contributed by atoms with Crippen molar-refractivity contribution in [3.63, 3.8) is 0 Å². The molecule has 2 nitrogen and oxygen atoms in total. The topological polar surface area (TPSA) is 29.1 Å². The molecule has 2 unspecified atom stereocenters. The lowest BCUT2D eigenvalue weighted by atomic mass is 10.1. The molecule has 1 N–H and O–H groups in total. The fourth-order valence-corrected chi connectivity index (χ4v) is 1.56. The van der Waals surface area contributed by atoms with E-state index in [1.54, 1.807) is 0 Å². The summed E-state index contributed by atoms with van der Waals surface area (Å²) in [5.74, 6) is 0.991. The molecule has 2 aliphatic rings. The Balaban J connectivity index is 1.71. The van der Waals surface area contributed by atoms with Crippen molar-refractivity contribution in [2.75, 3.05) is 0 Å². The molecule has 2 rings (SSSR count). The Morgan fingerprint density at radius 2 is 2.17 bits per heavy atom. The van der Waals surface area contributed by atoms with E-state index in [0.717, 1.165) is 12.3 Å². The lowest BCUT2D eigenvalue weighted by Crippen LogP contribution is -2.28. The average molecular weight is 167 g/mol. The Morgan fingerprint density at radius 3 is 2.58 bits per heavy atom. The van der Waals surface area contributed by atoms with Crippen molar-refractivity contribution in [1.29, 1.82) is 0 Å². The van der Waals surface area contributed by atoms with Gasteiger partial charge in [-0.05, 0) is 30.6 Å². The van der Waals surface area contributed by atoms with Crippen LogP contribution in [0.15, 0.2) is 0 Å². The van der Waals surface area contributed by atoms with Gasteiger partial charge in [-0.2, -0.15) is 0 Å². The van der Waals surface area contributed by atoms with Crippen LogP contribution in [0.5, 0.6) is 0 Å². The average Bonchev–Trinajstić information content (AvgIpc) is 2.78. The highest BCUT2D eigenvalue weighted by Crippen LogP contribution is 2.48. The van der Waals surface area contributed by atoms with Crippen LogP contribution in [0, 0.1) is 11.3 Å². The Kier molecular flexibility index (Phi) is 1.67. The van der Waals surface area contributed by atoms with Gasteiger partial charge in [-0.3, -0.25) is 4.79 Å². The Bertz CT molecular complexity index is 208. The molecule has 2 aliphatic carbocycles. The van der Waals surface area contributed by atoms with Gasteiger partial charge in [0.2, 0.25) is 5.91 Å². The second-order valence-electron chi connectivity index (χ2n) is 4.87. The third-order valence-corrected chi connectivity index (χ3v) is 3.15. The van der Waals surface area contributed by atoms with E-state index in [1.807, 2.05) is 0 Å². The van der Waals surface area contributed by atoms with Crippen LogP contribution in [0.25, 0.3) is 0 Å². The van der Waals surface area contributed by atoms with Crippen LogP contribution in [0.1, 0.15) is 39.5 Å². The van der Waals surface area contributed by atoms with Crippen LogP contribution < -0.4 is 5.32 Å². The number of carbonyl (C=O) groups excluding carboxylic acids is 1. The van der Waals surface area contributed by atoms with Gasteiger partial charge in [0.05, 0.1) is 0 Å². The lowest BCUT2D eigenvalue weighted by Gasteiger charge is -2.07. The number of hydrogen-bond acceptors (Lipinski definition) is 1. The van der Waals surface area contributed by atoms with Crippen LogP contribution in [0.2, 0.25) is 0 Å². The molecule has 0 aromatic rings. The molecule has 2 atom stereocenters. The van der Waals surface area contributed by atoms with E-state index >= 15 is 0 Å². The molecule has 2 heteroatoms. The third kappa shape index (κ3) is 1.79. The van der Waals surface area contributed by atoms with Crippen LogP contribution >= 0.6 is 0 Å². The largest absolute Gasteiger partial charge is 0.353 e. The van der Waals surface area contributed by atoms with Gasteiger partial charge >= 0.3 is 0 Å². The first-order chi connectivity index (χ1) is 5.59. The minimum Gasteiger partial charge on any atom is -0.353 e. The zero-order valence-corrected chi connectivity index (χ0v) is 7.89. The van der Waals surface area contributed by atoms with Crippen molar-refractivity contribution in [2.24, 2.45) is 11.3 Å². The summed E-state index contributed by atoms with van der Waals surface area (Å²) in [4.78, 5) is 11.4. The molecule has 0 radical (unpaired) electrons. The summed E-state index contributed by atoms with van der Waals surface area (Å²) in [5.41, 5.74) is 0.363. The fraction of sp³-hybridized carbons (Fsp3) is 0.900. The van der Waals surface area contributed by atoms with E-state index in [-0.39, 0.29) is 5.91 Å². The molecular weight excluding hydrogens is 150 g/mol. The van der Waals surface area contributed by atoms with Gasteiger partial charge in [0.15, 0.2) is 0 Å². The number of rotatable bonds is 3. The quantitative estimate of drug-likeness (QED) is 0.681. The Labute approximate surface area is 73.7 Å². The zero-order chi connectivity index (χ0) is 8.77. The monoisotopic (exact) mass is 167 g/mol. The molecule has 0 aliphatic heterocycles. The standard InChI is InChI=1S/C10H17NO/c1-7-5-8(7)11-9(12)6-10(2)3-4-10/h7-8H,3-6H2,1-2H3,(H,11,12). The van der Waals surface area contributed by atoms with Crippen molar-refractivity contribution in [1.82, 2.24) is 5.32 Å². The number of hydrogen-bond donors (Lipinski definition) is 1. The second kappa shape index (κ2) is 2.48. The maximum absolute atomic E-state index is 11.4. The van der Waals surface area contributed by atoms with Crippen LogP contribution in [-0.2, 0) is 4.79 Å². The Morgan fingerprint density at radius 1 is 1.58 bits per heavy atom. The first-order valence-electron chi connectivity index (χ1n) is 4.88. The van der Waals surface area contributed by atoms with Gasteiger partial charge in [0, 0.05) is 12.5 Å². The third-order valence-electron chi connectivity index (χ3n) is 3.15. The van der Waals surface area contributed by atoms with E-state index in [1.165, 1.54) is 19.3 Å². The molecule has 0 saturated heterocycles. The van der Waals surface area contributed by atoms with Crippen molar-refractivity contribution in [3.05, 3.63) is 0 Å². The highest BCUT2D eigenvalue weighted by Gasteiger charge is 2.41. The summed E-state index contributed by atoms with van der Waals surface area (Å²) in [7, 11) is 0. The summed E-state index contributed by atoms with van der Waals surface area (Å²) < 4.78 is 0. The molecule has 0 aromatic heterocycles. The van der Waals surface area contributed by atoms with Crippen molar-refractivity contribution < 1.29 is 4.79 Å². The molecule has 0 bridgehead atoms. The Hall–Kier alpha value is -0.530. The molecule has 2 fully saturated rings. The van der Waals surface area contributed by atoms with Crippen LogP contribution in [-0.4, -0.2) is 11.9 Å². The predicted octanol–water partition coefficient (Wildman–Crippen LogP) is 1.70. The first-order valence-corrected chi connectivity index (χ1v) is 4.88. The van der Waals surface area contributed by atoms with E-state index in [4.69, 9.17) is 0 Å². The molecular formula is C10H17NO. The summed E-state index contributed by atoms with van der Waals surface area (Å²) in [6.07, 6.45) is 4.40. The molecule has 0 heterocycles. The normalized spacial score (nSPS) is 35.8. The van der Waals surface area contributed by atoms with Crippen molar-refractivity contribution >= 4 is 5.91 Å². The number of amides is 1. The minimum atomic E-state index is 0.268. The van der Waals surface area contributed by atoms with Gasteiger partial charge in [0.1, 0.15) is 0 Å². The maximum atomic E-state index is 11.4. The van der Waals surface area contributed by atoms with Crippen LogP contribution in [0.4, 0.5) is 0 Å². The molecule has 1 amide bonds. The van der Waals surface area contributed by atoms with Gasteiger partial charge in [-0.1, -0.05) is 13.8 Å². The first kappa shape index (κ1) is 8.09.